The highest BCUT2D eigenvalue weighted by atomic mass is 16.6. The summed E-state index contributed by atoms with van der Waals surface area (Å²) in [4.78, 5) is 53.9. The molecule has 0 radical (unpaired) electrons. The molecule has 0 aromatic heterocycles. The van der Waals surface area contributed by atoms with Crippen molar-refractivity contribution >= 4 is 23.5 Å². The summed E-state index contributed by atoms with van der Waals surface area (Å²) in [6, 6.07) is 4.32. The summed E-state index contributed by atoms with van der Waals surface area (Å²) < 4.78 is 15.8. The summed E-state index contributed by atoms with van der Waals surface area (Å²) in [6.07, 6.45) is 0.279. The Kier molecular flexibility index (Phi) is 10.9. The molecular weight excluding hydrogens is 504 g/mol. The Labute approximate surface area is 229 Å². The van der Waals surface area contributed by atoms with Crippen LogP contribution >= 0.6 is 0 Å². The van der Waals surface area contributed by atoms with Crippen LogP contribution in [-0.4, -0.2) is 98.7 Å². The van der Waals surface area contributed by atoms with Crippen molar-refractivity contribution in [2.75, 3.05) is 46.6 Å². The van der Waals surface area contributed by atoms with Crippen LogP contribution in [0.25, 0.3) is 0 Å². The third kappa shape index (κ3) is 9.06. The van der Waals surface area contributed by atoms with Crippen molar-refractivity contribution in [3.63, 3.8) is 0 Å². The molecule has 11 nitrogen and oxygen atoms in total. The van der Waals surface area contributed by atoms with Crippen molar-refractivity contribution in [2.24, 2.45) is 0 Å². The average molecular weight is 543 g/mol. The Bertz CT molecular complexity index is 1090. The van der Waals surface area contributed by atoms with Crippen LogP contribution in [0.3, 0.4) is 0 Å². The van der Waals surface area contributed by atoms with Crippen LogP contribution in [0, 0.1) is 11.8 Å². The summed E-state index contributed by atoms with van der Waals surface area (Å²) >= 11 is 0. The number of ketones is 1. The average Bonchev–Trinajstić information content (AvgIpc) is 3.69. The van der Waals surface area contributed by atoms with E-state index >= 15 is 0 Å². The minimum Gasteiger partial charge on any atom is -0.497 e. The van der Waals surface area contributed by atoms with E-state index in [2.05, 4.69) is 27.8 Å². The molecule has 1 aromatic carbocycles. The van der Waals surface area contributed by atoms with E-state index in [9.17, 15) is 19.2 Å². The van der Waals surface area contributed by atoms with E-state index in [1.54, 1.807) is 52.1 Å². The topological polar surface area (TPSA) is 139 Å². The number of Topliss-reactive ketones (excluding diaryl/α,β-unsaturated/α-hetero) is 1. The third-order valence-corrected chi connectivity index (χ3v) is 6.69. The molecule has 0 spiro atoms. The van der Waals surface area contributed by atoms with Gasteiger partial charge in [-0.1, -0.05) is 12.1 Å². The van der Waals surface area contributed by atoms with E-state index in [0.29, 0.717) is 32.1 Å². The molecule has 11 heteroatoms. The first-order valence-electron chi connectivity index (χ1n) is 13.1. The maximum absolute atomic E-state index is 13.4. The number of benzene rings is 1. The standard InChI is InChI=1S/C28H38N4O7/c1-5-6-7-22(25(34)28(3)18-39-28)30-27(36)23(16-20-8-10-21(37-4)11-9-20)31-26(35)19(2)29-24(33)17-32-12-14-38-15-13-32/h8-11,19,22-23H,7,12-18H2,1-4H3,(H,29,33)(H,30,36)(H,31,35)/t19-,22-,23-,28+/m0/s1. The van der Waals surface area contributed by atoms with Crippen molar-refractivity contribution in [2.45, 2.75) is 57.3 Å². The van der Waals surface area contributed by atoms with Crippen LogP contribution in [-0.2, 0) is 35.1 Å². The highest BCUT2D eigenvalue weighted by Gasteiger charge is 2.50. The van der Waals surface area contributed by atoms with E-state index < -0.39 is 35.5 Å². The van der Waals surface area contributed by atoms with Gasteiger partial charge in [0.2, 0.25) is 17.7 Å². The molecule has 2 saturated heterocycles. The minimum atomic E-state index is -1.01. The number of methoxy groups -OCH3 is 1. The number of rotatable bonds is 13. The molecule has 39 heavy (non-hydrogen) atoms. The van der Waals surface area contributed by atoms with Crippen LogP contribution < -0.4 is 20.7 Å². The SMILES string of the molecule is CC#CC[C@H](NC(=O)[C@H](Cc1ccc(OC)cc1)NC(=O)[C@H](C)NC(=O)CN1CCOCC1)C(=O)[C@@]1(C)CO1. The van der Waals surface area contributed by atoms with Gasteiger partial charge in [-0.25, -0.2) is 0 Å². The number of amides is 3. The van der Waals surface area contributed by atoms with Crippen molar-refractivity contribution in [1.29, 1.82) is 0 Å². The lowest BCUT2D eigenvalue weighted by molar-refractivity contribution is -0.134. The zero-order valence-electron chi connectivity index (χ0n) is 23.0. The van der Waals surface area contributed by atoms with Gasteiger partial charge < -0.3 is 30.2 Å². The lowest BCUT2D eigenvalue weighted by Gasteiger charge is -2.27. The van der Waals surface area contributed by atoms with E-state index in [0.717, 1.165) is 5.56 Å². The van der Waals surface area contributed by atoms with Gasteiger partial charge in [0.25, 0.3) is 0 Å². The highest BCUT2D eigenvalue weighted by molar-refractivity contribution is 5.98. The fourth-order valence-electron chi connectivity index (χ4n) is 4.12. The third-order valence-electron chi connectivity index (χ3n) is 6.69. The molecule has 0 unspecified atom stereocenters. The van der Waals surface area contributed by atoms with Crippen molar-refractivity contribution in [1.82, 2.24) is 20.9 Å². The predicted molar refractivity (Wildman–Crippen MR) is 143 cm³/mol. The fraction of sp³-hybridized carbons (Fsp3) is 0.571. The summed E-state index contributed by atoms with van der Waals surface area (Å²) in [5.74, 6) is 4.63. The van der Waals surface area contributed by atoms with Gasteiger partial charge in [-0.15, -0.1) is 11.8 Å². The first kappa shape index (κ1) is 30.1. The summed E-state index contributed by atoms with van der Waals surface area (Å²) in [7, 11) is 1.56. The monoisotopic (exact) mass is 542 g/mol. The van der Waals surface area contributed by atoms with Gasteiger partial charge in [0.1, 0.15) is 29.5 Å². The number of ether oxygens (including phenoxy) is 3. The lowest BCUT2D eigenvalue weighted by atomic mass is 9.97. The van der Waals surface area contributed by atoms with Crippen LogP contribution in [0.5, 0.6) is 5.75 Å². The van der Waals surface area contributed by atoms with Gasteiger partial charge in [-0.05, 0) is 38.5 Å². The molecule has 0 aliphatic carbocycles. The maximum atomic E-state index is 13.4. The molecule has 3 N–H and O–H groups in total. The molecule has 0 bridgehead atoms. The van der Waals surface area contributed by atoms with E-state index in [4.69, 9.17) is 14.2 Å². The molecule has 212 valence electrons. The molecule has 1 aromatic rings. The summed E-state index contributed by atoms with van der Waals surface area (Å²) in [6.45, 7) is 7.73. The molecule has 2 aliphatic rings. The number of hydrogen-bond donors (Lipinski definition) is 3. The maximum Gasteiger partial charge on any atom is 0.243 e. The summed E-state index contributed by atoms with van der Waals surface area (Å²) in [5.41, 5.74) is -0.171. The lowest BCUT2D eigenvalue weighted by Crippen LogP contribution is -2.57. The predicted octanol–water partition coefficient (Wildman–Crippen LogP) is -0.184. The summed E-state index contributed by atoms with van der Waals surface area (Å²) in [5, 5.41) is 8.21. The van der Waals surface area contributed by atoms with Crippen LogP contribution in [0.2, 0.25) is 0 Å². The molecular formula is C28H38N4O7. The molecule has 0 saturated carbocycles. The first-order chi connectivity index (χ1) is 18.6. The largest absolute Gasteiger partial charge is 0.497 e. The first-order valence-corrected chi connectivity index (χ1v) is 13.1. The van der Waals surface area contributed by atoms with E-state index in [1.165, 1.54) is 0 Å². The number of nitrogens with zero attached hydrogens (tertiary/aromatic N) is 1. The van der Waals surface area contributed by atoms with Crippen molar-refractivity contribution in [3.8, 4) is 17.6 Å². The van der Waals surface area contributed by atoms with Crippen LogP contribution in [0.15, 0.2) is 24.3 Å². The number of epoxide rings is 1. The van der Waals surface area contributed by atoms with Gasteiger partial charge in [0.05, 0.1) is 33.5 Å². The fourth-order valence-corrected chi connectivity index (χ4v) is 4.12. The van der Waals surface area contributed by atoms with Gasteiger partial charge in [-0.3, -0.25) is 24.1 Å². The quantitative estimate of drug-likeness (QED) is 0.231. The Morgan fingerprint density at radius 3 is 2.28 bits per heavy atom. The van der Waals surface area contributed by atoms with Crippen LogP contribution in [0.4, 0.5) is 0 Å². The Balaban J connectivity index is 1.69. The van der Waals surface area contributed by atoms with Crippen LogP contribution in [0.1, 0.15) is 32.8 Å². The molecule has 3 rings (SSSR count). The number of carbonyl (C=O) groups excluding carboxylic acids is 4. The van der Waals surface area contributed by atoms with Gasteiger partial charge in [0, 0.05) is 25.9 Å². The molecule has 2 heterocycles. The zero-order valence-corrected chi connectivity index (χ0v) is 23.0. The van der Waals surface area contributed by atoms with Crippen molar-refractivity contribution < 1.29 is 33.4 Å². The van der Waals surface area contributed by atoms with Crippen molar-refractivity contribution in [3.05, 3.63) is 29.8 Å². The number of hydrogen-bond acceptors (Lipinski definition) is 8. The number of morpholine rings is 1. The minimum absolute atomic E-state index is 0.122. The number of nitrogens with one attached hydrogen (secondary N) is 3. The zero-order chi connectivity index (χ0) is 28.4. The van der Waals surface area contributed by atoms with Gasteiger partial charge in [0.15, 0.2) is 5.78 Å². The second-order valence-electron chi connectivity index (χ2n) is 9.87. The number of carbonyl (C=O) groups is 4. The molecule has 2 aliphatic heterocycles. The molecule has 3 amide bonds. The highest BCUT2D eigenvalue weighted by Crippen LogP contribution is 2.29. The normalized spacial score (nSPS) is 20.8. The van der Waals surface area contributed by atoms with Gasteiger partial charge >= 0.3 is 0 Å². The molecule has 4 atom stereocenters. The smallest absolute Gasteiger partial charge is 0.243 e. The Morgan fingerprint density at radius 1 is 1.05 bits per heavy atom. The van der Waals surface area contributed by atoms with E-state index in [1.807, 2.05) is 4.90 Å². The van der Waals surface area contributed by atoms with E-state index in [-0.39, 0.29) is 37.7 Å². The second kappa shape index (κ2) is 14.1. The molecule has 2 fully saturated rings. The Hall–Kier alpha value is -3.46. The van der Waals surface area contributed by atoms with Gasteiger partial charge in [-0.2, -0.15) is 0 Å². The Morgan fingerprint density at radius 2 is 1.69 bits per heavy atom. The second-order valence-corrected chi connectivity index (χ2v) is 9.87.